The van der Waals surface area contributed by atoms with Gasteiger partial charge in [-0.05, 0) is 13.0 Å². The van der Waals surface area contributed by atoms with E-state index in [0.717, 1.165) is 18.7 Å². The van der Waals surface area contributed by atoms with Gasteiger partial charge < -0.3 is 10.6 Å². The molecule has 0 bridgehead atoms. The largest absolute Gasteiger partial charge is 0.306 e. The number of carbonyl (C=O) groups is 1. The van der Waals surface area contributed by atoms with E-state index in [2.05, 4.69) is 36.4 Å². The first-order valence-corrected chi connectivity index (χ1v) is 7.35. The van der Waals surface area contributed by atoms with Crippen LogP contribution in [0.5, 0.6) is 0 Å². The molecule has 2 heterocycles. The van der Waals surface area contributed by atoms with Gasteiger partial charge in [0, 0.05) is 10.8 Å². The maximum atomic E-state index is 11.6. The van der Waals surface area contributed by atoms with Crippen LogP contribution in [0.4, 0.5) is 5.13 Å². The highest BCUT2D eigenvalue weighted by Gasteiger charge is 2.25. The quantitative estimate of drug-likeness (QED) is 0.868. The van der Waals surface area contributed by atoms with E-state index >= 15 is 0 Å². The van der Waals surface area contributed by atoms with Crippen LogP contribution < -0.4 is 10.6 Å². The molecule has 102 valence electrons. The predicted molar refractivity (Wildman–Crippen MR) is 77.2 cm³/mol. The fourth-order valence-electron chi connectivity index (χ4n) is 1.38. The van der Waals surface area contributed by atoms with E-state index in [0.29, 0.717) is 5.13 Å². The van der Waals surface area contributed by atoms with Gasteiger partial charge in [0.05, 0.1) is 11.7 Å². The second-order valence-corrected chi connectivity index (χ2v) is 5.93. The molecular weight excluding hydrogens is 246 g/mol. The second kappa shape index (κ2) is 6.29. The van der Waals surface area contributed by atoms with Crippen LogP contribution in [0.15, 0.2) is 5.38 Å². The minimum Gasteiger partial charge on any atom is -0.306 e. The molecule has 1 aliphatic heterocycles. The summed E-state index contributed by atoms with van der Waals surface area (Å²) >= 11 is 1.49. The third kappa shape index (κ3) is 3.78. The van der Waals surface area contributed by atoms with Crippen molar-refractivity contribution in [1.29, 1.82) is 0 Å². The Kier molecular flexibility index (Phi) is 5.28. The predicted octanol–water partition coefficient (Wildman–Crippen LogP) is 2.77. The summed E-state index contributed by atoms with van der Waals surface area (Å²) in [6, 6.07) is -0.0259. The summed E-state index contributed by atoms with van der Waals surface area (Å²) in [5.74, 6) is 0.0288. The lowest BCUT2D eigenvalue weighted by molar-refractivity contribution is -0.119. The van der Waals surface area contributed by atoms with E-state index in [9.17, 15) is 4.79 Å². The number of nitrogens with zero attached hydrogens (tertiary/aromatic N) is 1. The van der Waals surface area contributed by atoms with Crippen LogP contribution in [0.25, 0.3) is 0 Å². The number of anilines is 1. The van der Waals surface area contributed by atoms with Gasteiger partial charge in [-0.25, -0.2) is 4.98 Å². The fraction of sp³-hybridized carbons (Fsp3) is 0.692. The third-order valence-electron chi connectivity index (χ3n) is 2.64. The van der Waals surface area contributed by atoms with Crippen LogP contribution in [0.3, 0.4) is 0 Å². The Morgan fingerprint density at radius 1 is 1.50 bits per heavy atom. The molecule has 1 amide bonds. The summed E-state index contributed by atoms with van der Waals surface area (Å²) in [6.45, 7) is 11.3. The van der Waals surface area contributed by atoms with Crippen molar-refractivity contribution in [2.45, 2.75) is 52.5 Å². The molecule has 1 saturated heterocycles. The molecule has 1 aromatic heterocycles. The van der Waals surface area contributed by atoms with Crippen LogP contribution >= 0.6 is 11.3 Å². The van der Waals surface area contributed by atoms with E-state index in [1.54, 1.807) is 0 Å². The lowest BCUT2D eigenvalue weighted by Gasteiger charge is -2.25. The summed E-state index contributed by atoms with van der Waals surface area (Å²) in [5.41, 5.74) is 1.06. The molecule has 0 radical (unpaired) electrons. The average Bonchev–Trinajstić information content (AvgIpc) is 2.66. The lowest BCUT2D eigenvalue weighted by Crippen LogP contribution is -2.50. The third-order valence-corrected chi connectivity index (χ3v) is 3.40. The number of rotatable bonds is 2. The van der Waals surface area contributed by atoms with E-state index < -0.39 is 0 Å². The smallest absolute Gasteiger partial charge is 0.243 e. The van der Waals surface area contributed by atoms with Crippen LogP contribution in [-0.4, -0.2) is 23.5 Å². The summed E-state index contributed by atoms with van der Waals surface area (Å²) in [5, 5.41) is 8.61. The first kappa shape index (κ1) is 15.1. The Morgan fingerprint density at radius 3 is 2.50 bits per heavy atom. The van der Waals surface area contributed by atoms with Gasteiger partial charge in [-0.3, -0.25) is 4.79 Å². The standard InChI is InChI=1S/C11H17N3OS.C2H6/c1-11(2,3)8-6-16-10(13-8)14-9(15)7-4-5-12-7;1-2/h6-7,12H,4-5H2,1-3H3,(H,13,14,15);1-2H3. The molecule has 0 aromatic carbocycles. The van der Waals surface area contributed by atoms with Crippen molar-refractivity contribution < 1.29 is 4.79 Å². The highest BCUT2D eigenvalue weighted by Crippen LogP contribution is 2.26. The molecule has 5 heteroatoms. The van der Waals surface area contributed by atoms with Crippen molar-refractivity contribution in [3.8, 4) is 0 Å². The normalized spacial score (nSPS) is 18.4. The molecule has 2 N–H and O–H groups in total. The molecule has 1 unspecified atom stereocenters. The van der Waals surface area contributed by atoms with Crippen LogP contribution in [0.1, 0.15) is 46.7 Å². The first-order chi connectivity index (χ1) is 8.47. The summed E-state index contributed by atoms with van der Waals surface area (Å²) in [6.07, 6.45) is 0.920. The molecule has 2 rings (SSSR count). The molecule has 1 fully saturated rings. The van der Waals surface area contributed by atoms with E-state index in [-0.39, 0.29) is 17.4 Å². The van der Waals surface area contributed by atoms with Crippen molar-refractivity contribution in [3.05, 3.63) is 11.1 Å². The first-order valence-electron chi connectivity index (χ1n) is 6.47. The zero-order chi connectivity index (χ0) is 13.8. The Bertz CT molecular complexity index is 391. The van der Waals surface area contributed by atoms with Gasteiger partial charge in [0.25, 0.3) is 0 Å². The van der Waals surface area contributed by atoms with Crippen LogP contribution in [0.2, 0.25) is 0 Å². The zero-order valence-corrected chi connectivity index (χ0v) is 12.6. The van der Waals surface area contributed by atoms with E-state index in [4.69, 9.17) is 0 Å². The number of amides is 1. The summed E-state index contributed by atoms with van der Waals surface area (Å²) in [4.78, 5) is 16.1. The van der Waals surface area contributed by atoms with E-state index in [1.807, 2.05) is 19.2 Å². The van der Waals surface area contributed by atoms with Gasteiger partial charge in [0.2, 0.25) is 5.91 Å². The minimum absolute atomic E-state index is 0.0259. The van der Waals surface area contributed by atoms with Gasteiger partial charge in [0.1, 0.15) is 0 Å². The number of hydrogen-bond donors (Lipinski definition) is 2. The average molecular weight is 269 g/mol. The fourth-order valence-corrected chi connectivity index (χ4v) is 2.32. The zero-order valence-electron chi connectivity index (χ0n) is 11.8. The van der Waals surface area contributed by atoms with Gasteiger partial charge in [-0.1, -0.05) is 34.6 Å². The number of aromatic nitrogens is 1. The summed E-state index contributed by atoms with van der Waals surface area (Å²) in [7, 11) is 0. The SMILES string of the molecule is CC.CC(C)(C)c1csc(NC(=O)C2CCN2)n1. The van der Waals surface area contributed by atoms with E-state index in [1.165, 1.54) is 11.3 Å². The monoisotopic (exact) mass is 269 g/mol. The molecule has 1 atom stereocenters. The Labute approximate surface area is 113 Å². The summed E-state index contributed by atoms with van der Waals surface area (Å²) < 4.78 is 0. The van der Waals surface area contributed by atoms with Crippen LogP contribution in [-0.2, 0) is 10.2 Å². The molecule has 0 saturated carbocycles. The van der Waals surface area contributed by atoms with Gasteiger partial charge in [-0.15, -0.1) is 11.3 Å². The highest BCUT2D eigenvalue weighted by molar-refractivity contribution is 7.13. The number of hydrogen-bond acceptors (Lipinski definition) is 4. The topological polar surface area (TPSA) is 54.0 Å². The van der Waals surface area contributed by atoms with Crippen LogP contribution in [0, 0.1) is 0 Å². The number of carbonyl (C=O) groups excluding carboxylic acids is 1. The second-order valence-electron chi connectivity index (χ2n) is 5.07. The molecule has 18 heavy (non-hydrogen) atoms. The molecular formula is C13H23N3OS. The van der Waals surface area contributed by atoms with Crippen molar-refractivity contribution >= 4 is 22.4 Å². The van der Waals surface area contributed by atoms with Crippen molar-refractivity contribution in [1.82, 2.24) is 10.3 Å². The highest BCUT2D eigenvalue weighted by atomic mass is 32.1. The number of thiazole rings is 1. The molecule has 0 aliphatic carbocycles. The molecule has 1 aromatic rings. The van der Waals surface area contributed by atoms with Crippen molar-refractivity contribution in [3.63, 3.8) is 0 Å². The molecule has 4 nitrogen and oxygen atoms in total. The number of nitrogens with one attached hydrogen (secondary N) is 2. The Morgan fingerprint density at radius 2 is 2.11 bits per heavy atom. The van der Waals surface area contributed by atoms with Gasteiger partial charge >= 0.3 is 0 Å². The maximum Gasteiger partial charge on any atom is 0.243 e. The maximum absolute atomic E-state index is 11.6. The molecule has 1 aliphatic rings. The van der Waals surface area contributed by atoms with Crippen molar-refractivity contribution in [2.24, 2.45) is 0 Å². The van der Waals surface area contributed by atoms with Crippen molar-refractivity contribution in [2.75, 3.05) is 11.9 Å². The Hall–Kier alpha value is -0.940. The Balaban J connectivity index is 0.000000771. The molecule has 0 spiro atoms. The lowest BCUT2D eigenvalue weighted by atomic mass is 9.93. The minimum atomic E-state index is -0.0259. The van der Waals surface area contributed by atoms with Gasteiger partial charge in [0.15, 0.2) is 5.13 Å². The van der Waals surface area contributed by atoms with Gasteiger partial charge in [-0.2, -0.15) is 0 Å².